The van der Waals surface area contributed by atoms with E-state index < -0.39 is 23.0 Å². The van der Waals surface area contributed by atoms with Gasteiger partial charge < -0.3 is 33.6 Å². The molecule has 2 aliphatic heterocycles. The molecule has 4 heterocycles. The minimum Gasteiger partial charge on any atom is -0.489 e. The Bertz CT molecular complexity index is 2220. The van der Waals surface area contributed by atoms with E-state index in [1.165, 1.54) is 31.3 Å². The van der Waals surface area contributed by atoms with Crippen molar-refractivity contribution < 1.29 is 32.9 Å². The van der Waals surface area contributed by atoms with E-state index >= 15 is 0 Å². The maximum Gasteiger partial charge on any atom is 0.335 e. The Hall–Kier alpha value is -5.44. The predicted octanol–water partition coefficient (Wildman–Crippen LogP) is 4.79. The normalized spacial score (nSPS) is 14.3. The zero-order valence-corrected chi connectivity index (χ0v) is 28.3. The first-order valence-corrected chi connectivity index (χ1v) is 16.7. The lowest BCUT2D eigenvalue weighted by Gasteiger charge is -2.26. The Morgan fingerprint density at radius 1 is 0.980 bits per heavy atom. The molecule has 15 heteroatoms. The average Bonchev–Trinajstić information content (AvgIpc) is 3.14. The first-order valence-electron chi connectivity index (χ1n) is 16.3. The van der Waals surface area contributed by atoms with Gasteiger partial charge in [0.15, 0.2) is 11.5 Å². The SMILES string of the molecule is Cn1cc(C(=O)Nc2ccc(Oc3ccnc4cc(OCCCN5CCOCC5)c5c(c34)OCCO5)cc2Cl)c(=O)n(-c2ccc(F)cc2)c1=O. The van der Waals surface area contributed by atoms with E-state index in [-0.39, 0.29) is 22.0 Å². The molecule has 264 valence electrons. The Morgan fingerprint density at radius 2 is 1.75 bits per heavy atom. The topological polar surface area (TPSA) is 135 Å². The third kappa shape index (κ3) is 7.24. The van der Waals surface area contributed by atoms with Crippen molar-refractivity contribution in [1.29, 1.82) is 0 Å². The van der Waals surface area contributed by atoms with Gasteiger partial charge in [0, 0.05) is 51.2 Å². The van der Waals surface area contributed by atoms with E-state index in [4.69, 9.17) is 35.3 Å². The number of nitrogens with zero attached hydrogens (tertiary/aromatic N) is 4. The highest BCUT2D eigenvalue weighted by Gasteiger charge is 2.25. The number of ether oxygens (including phenoxy) is 5. The summed E-state index contributed by atoms with van der Waals surface area (Å²) in [7, 11) is 1.40. The van der Waals surface area contributed by atoms with Crippen LogP contribution >= 0.6 is 11.6 Å². The molecule has 2 aliphatic rings. The zero-order chi connectivity index (χ0) is 35.5. The molecular weight excluding hydrogens is 685 g/mol. The summed E-state index contributed by atoms with van der Waals surface area (Å²) in [4.78, 5) is 46.2. The second-order valence-electron chi connectivity index (χ2n) is 11.8. The van der Waals surface area contributed by atoms with Gasteiger partial charge in [-0.1, -0.05) is 11.6 Å². The summed E-state index contributed by atoms with van der Waals surface area (Å²) >= 11 is 6.58. The molecule has 3 aromatic carbocycles. The number of nitrogens with one attached hydrogen (secondary N) is 1. The summed E-state index contributed by atoms with van der Waals surface area (Å²) < 4.78 is 45.3. The van der Waals surface area contributed by atoms with Crippen LogP contribution < -0.4 is 35.5 Å². The van der Waals surface area contributed by atoms with Crippen LogP contribution in [0.15, 0.2) is 76.6 Å². The largest absolute Gasteiger partial charge is 0.489 e. The molecule has 0 bridgehead atoms. The van der Waals surface area contributed by atoms with Crippen molar-refractivity contribution in [1.82, 2.24) is 19.0 Å². The number of morpholine rings is 1. The van der Waals surface area contributed by atoms with Gasteiger partial charge in [-0.15, -0.1) is 0 Å². The predicted molar refractivity (Wildman–Crippen MR) is 187 cm³/mol. The molecule has 13 nitrogen and oxygen atoms in total. The molecule has 0 aliphatic carbocycles. The molecule has 1 saturated heterocycles. The van der Waals surface area contributed by atoms with Gasteiger partial charge >= 0.3 is 5.69 Å². The third-order valence-electron chi connectivity index (χ3n) is 8.42. The Balaban J connectivity index is 1.10. The third-order valence-corrected chi connectivity index (χ3v) is 8.73. The van der Waals surface area contributed by atoms with Crippen LogP contribution in [-0.2, 0) is 11.8 Å². The molecule has 5 aromatic rings. The summed E-state index contributed by atoms with van der Waals surface area (Å²) in [6.07, 6.45) is 3.58. The number of pyridine rings is 1. The molecule has 1 N–H and O–H groups in total. The van der Waals surface area contributed by atoms with E-state index in [1.54, 1.807) is 24.4 Å². The number of aromatic nitrogens is 3. The summed E-state index contributed by atoms with van der Waals surface area (Å²) in [6.45, 7) is 5.41. The molecule has 0 unspecified atom stereocenters. The lowest BCUT2D eigenvalue weighted by atomic mass is 10.1. The van der Waals surface area contributed by atoms with Crippen molar-refractivity contribution in [3.8, 4) is 34.4 Å². The standard InChI is InChI=1S/C36H33ClFN5O8/c1-41-21-25(35(45)43(36(41)46)23-5-3-22(38)4-6-23)34(44)40-27-8-7-24(19-26(27)37)51-29-9-10-39-28-20-30(32-33(31(28)29)50-18-17-49-32)48-14-2-11-42-12-15-47-16-13-42/h3-10,19-21H,2,11-18H2,1H3,(H,40,44). The lowest BCUT2D eigenvalue weighted by Crippen LogP contribution is -2.41. The Morgan fingerprint density at radius 3 is 2.51 bits per heavy atom. The summed E-state index contributed by atoms with van der Waals surface area (Å²) in [5, 5.41) is 3.34. The maximum absolute atomic E-state index is 13.5. The quantitative estimate of drug-likeness (QED) is 0.201. The molecule has 7 rings (SSSR count). The number of anilines is 1. The monoisotopic (exact) mass is 717 g/mol. The molecular formula is C36H33ClFN5O8. The summed E-state index contributed by atoms with van der Waals surface area (Å²) in [5.74, 6) is 0.915. The number of carbonyl (C=O) groups excluding carboxylic acids is 1. The van der Waals surface area contributed by atoms with Crippen molar-refractivity contribution in [2.45, 2.75) is 6.42 Å². The van der Waals surface area contributed by atoms with Crippen LogP contribution in [-0.4, -0.2) is 77.6 Å². The minimum absolute atomic E-state index is 0.112. The number of fused-ring (bicyclic) bond motifs is 3. The van der Waals surface area contributed by atoms with Crippen LogP contribution in [0.1, 0.15) is 16.8 Å². The van der Waals surface area contributed by atoms with Crippen molar-refractivity contribution in [3.05, 3.63) is 104 Å². The van der Waals surface area contributed by atoms with Crippen molar-refractivity contribution >= 4 is 34.1 Å². The van der Waals surface area contributed by atoms with Gasteiger partial charge in [0.25, 0.3) is 11.5 Å². The zero-order valence-electron chi connectivity index (χ0n) is 27.5. The first-order chi connectivity index (χ1) is 24.8. The van der Waals surface area contributed by atoms with E-state index in [0.717, 1.165) is 66.7 Å². The number of hydrogen-bond acceptors (Lipinski definition) is 10. The Kier molecular flexibility index (Phi) is 9.88. The number of rotatable bonds is 10. The van der Waals surface area contributed by atoms with E-state index in [0.29, 0.717) is 59.5 Å². The fourth-order valence-electron chi connectivity index (χ4n) is 5.88. The molecule has 0 atom stereocenters. The Labute approximate surface area is 295 Å². The first kappa shape index (κ1) is 34.0. The van der Waals surface area contributed by atoms with Crippen LogP contribution in [0.4, 0.5) is 10.1 Å². The van der Waals surface area contributed by atoms with Crippen LogP contribution in [0.2, 0.25) is 5.02 Å². The van der Waals surface area contributed by atoms with Crippen LogP contribution in [0.3, 0.4) is 0 Å². The van der Waals surface area contributed by atoms with Crippen LogP contribution in [0, 0.1) is 5.82 Å². The van der Waals surface area contributed by atoms with Gasteiger partial charge in [0.2, 0.25) is 5.75 Å². The molecule has 51 heavy (non-hydrogen) atoms. The van der Waals surface area contributed by atoms with Crippen molar-refractivity contribution in [2.75, 3.05) is 58.0 Å². The van der Waals surface area contributed by atoms with Crippen LogP contribution in [0.5, 0.6) is 28.7 Å². The van der Waals surface area contributed by atoms with E-state index in [2.05, 4.69) is 15.2 Å². The minimum atomic E-state index is -0.876. The highest BCUT2D eigenvalue weighted by Crippen LogP contribution is 2.48. The molecule has 0 radical (unpaired) electrons. The van der Waals surface area contributed by atoms with E-state index in [9.17, 15) is 18.8 Å². The van der Waals surface area contributed by atoms with Gasteiger partial charge in [-0.25, -0.2) is 13.8 Å². The maximum atomic E-state index is 13.5. The number of aryl methyl sites for hydroxylation is 1. The molecule has 1 amide bonds. The molecule has 0 saturated carbocycles. The van der Waals surface area contributed by atoms with Crippen molar-refractivity contribution in [2.24, 2.45) is 7.05 Å². The fraction of sp³-hybridized carbons (Fsp3) is 0.278. The lowest BCUT2D eigenvalue weighted by molar-refractivity contribution is 0.0357. The number of halogens is 2. The van der Waals surface area contributed by atoms with Gasteiger partial charge in [0.05, 0.1) is 47.1 Å². The number of amides is 1. The number of hydrogen-bond donors (Lipinski definition) is 1. The highest BCUT2D eigenvalue weighted by molar-refractivity contribution is 6.34. The number of benzene rings is 3. The second-order valence-corrected chi connectivity index (χ2v) is 12.2. The van der Waals surface area contributed by atoms with Gasteiger partial charge in [-0.05, 0) is 48.9 Å². The average molecular weight is 718 g/mol. The summed E-state index contributed by atoms with van der Waals surface area (Å²) in [6, 6.07) is 12.9. The van der Waals surface area contributed by atoms with Gasteiger partial charge in [-0.3, -0.25) is 19.5 Å². The van der Waals surface area contributed by atoms with Crippen LogP contribution in [0.25, 0.3) is 16.6 Å². The summed E-state index contributed by atoms with van der Waals surface area (Å²) in [5.41, 5.74) is -1.01. The van der Waals surface area contributed by atoms with Gasteiger partial charge in [-0.2, -0.15) is 0 Å². The smallest absolute Gasteiger partial charge is 0.335 e. The molecule has 0 spiro atoms. The van der Waals surface area contributed by atoms with Gasteiger partial charge in [0.1, 0.15) is 36.1 Å². The second kappa shape index (κ2) is 14.8. The molecule has 2 aromatic heterocycles. The van der Waals surface area contributed by atoms with E-state index in [1.807, 2.05) is 0 Å². The number of carbonyl (C=O) groups is 1. The molecule has 1 fully saturated rings. The van der Waals surface area contributed by atoms with Crippen molar-refractivity contribution in [3.63, 3.8) is 0 Å². The highest BCUT2D eigenvalue weighted by atomic mass is 35.5. The fourth-order valence-corrected chi connectivity index (χ4v) is 6.10.